The lowest BCUT2D eigenvalue weighted by Crippen LogP contribution is -2.03. The second-order valence-electron chi connectivity index (χ2n) is 3.29. The summed E-state index contributed by atoms with van der Waals surface area (Å²) in [6.45, 7) is 2.01. The number of carbonyl (C=O) groups is 1. The topological polar surface area (TPSA) is 93.3 Å². The van der Waals surface area contributed by atoms with Crippen LogP contribution in [0.2, 0.25) is 0 Å². The number of nitrogens with zero attached hydrogens (tertiary/aromatic N) is 2. The highest BCUT2D eigenvalue weighted by Crippen LogP contribution is 2.27. The van der Waals surface area contributed by atoms with Crippen molar-refractivity contribution < 1.29 is 14.8 Å². The molecule has 0 unspecified atom stereocenters. The second-order valence-corrected chi connectivity index (χ2v) is 4.37. The quantitative estimate of drug-likeness (QED) is 0.364. The molecule has 1 N–H and O–H groups in total. The summed E-state index contributed by atoms with van der Waals surface area (Å²) in [5.41, 5.74) is -0.314. The molecule has 0 saturated carbocycles. The molecule has 7 heteroatoms. The fourth-order valence-electron chi connectivity index (χ4n) is 1.11. The van der Waals surface area contributed by atoms with Crippen molar-refractivity contribution in [2.24, 2.45) is 0 Å². The molecule has 0 aliphatic heterocycles. The molecule has 17 heavy (non-hydrogen) atoms. The van der Waals surface area contributed by atoms with E-state index in [1.807, 2.05) is 6.92 Å². The first kappa shape index (κ1) is 13.4. The third kappa shape index (κ3) is 3.70. The maximum absolute atomic E-state index is 10.7. The van der Waals surface area contributed by atoms with E-state index >= 15 is 0 Å². The Bertz CT molecular complexity index is 436. The Balaban J connectivity index is 2.98. The van der Waals surface area contributed by atoms with E-state index in [1.54, 1.807) is 0 Å². The van der Waals surface area contributed by atoms with Crippen molar-refractivity contribution in [3.63, 3.8) is 0 Å². The highest BCUT2D eigenvalue weighted by atomic mass is 32.2. The molecule has 6 nitrogen and oxygen atoms in total. The van der Waals surface area contributed by atoms with Crippen LogP contribution in [0.3, 0.4) is 0 Å². The van der Waals surface area contributed by atoms with Crippen molar-refractivity contribution in [1.82, 2.24) is 4.98 Å². The summed E-state index contributed by atoms with van der Waals surface area (Å²) in [6, 6.07) is 2.33. The van der Waals surface area contributed by atoms with Crippen molar-refractivity contribution in [2.45, 2.75) is 24.8 Å². The Morgan fingerprint density at radius 3 is 2.82 bits per heavy atom. The maximum atomic E-state index is 10.7. The first-order chi connectivity index (χ1) is 8.06. The summed E-state index contributed by atoms with van der Waals surface area (Å²) in [5, 5.41) is 19.7. The predicted octanol–water partition coefficient (Wildman–Crippen LogP) is 2.58. The first-order valence-electron chi connectivity index (χ1n) is 5.07. The highest BCUT2D eigenvalue weighted by Gasteiger charge is 2.18. The van der Waals surface area contributed by atoms with Crippen LogP contribution in [0.15, 0.2) is 17.2 Å². The lowest BCUT2D eigenvalue weighted by Gasteiger charge is -2.02. The standard InChI is InChI=1S/C10H12N2O4S/c1-2-3-6-17-9-8(12(15)16)5-4-7(11-9)10(13)14/h4-5H,2-3,6H2,1H3,(H,13,14). The van der Waals surface area contributed by atoms with Crippen LogP contribution in [-0.4, -0.2) is 26.7 Å². The van der Waals surface area contributed by atoms with Crippen LogP contribution >= 0.6 is 11.8 Å². The van der Waals surface area contributed by atoms with Gasteiger partial charge in [0.15, 0.2) is 5.03 Å². The molecule has 0 fully saturated rings. The molecule has 0 saturated heterocycles. The fraction of sp³-hybridized carbons (Fsp3) is 0.400. The van der Waals surface area contributed by atoms with Gasteiger partial charge >= 0.3 is 11.7 Å². The van der Waals surface area contributed by atoms with Crippen molar-refractivity contribution in [3.05, 3.63) is 27.9 Å². The van der Waals surface area contributed by atoms with Crippen LogP contribution in [0.4, 0.5) is 5.69 Å². The SMILES string of the molecule is CCCCSc1nc(C(=O)O)ccc1[N+](=O)[O-]. The Labute approximate surface area is 102 Å². The Hall–Kier alpha value is -1.63. The average molecular weight is 256 g/mol. The largest absolute Gasteiger partial charge is 0.477 e. The minimum absolute atomic E-state index is 0.142. The molecule has 1 aromatic rings. The van der Waals surface area contributed by atoms with Gasteiger partial charge in [-0.3, -0.25) is 10.1 Å². The van der Waals surface area contributed by atoms with Gasteiger partial charge in [0, 0.05) is 6.07 Å². The molecule has 1 heterocycles. The van der Waals surface area contributed by atoms with E-state index in [9.17, 15) is 14.9 Å². The molecule has 0 radical (unpaired) electrons. The van der Waals surface area contributed by atoms with Crippen LogP contribution in [0.5, 0.6) is 0 Å². The monoisotopic (exact) mass is 256 g/mol. The smallest absolute Gasteiger partial charge is 0.354 e. The molecular formula is C10H12N2O4S. The predicted molar refractivity (Wildman–Crippen MR) is 63.5 cm³/mol. The lowest BCUT2D eigenvalue weighted by molar-refractivity contribution is -0.388. The molecule has 0 aliphatic rings. The van der Waals surface area contributed by atoms with Gasteiger partial charge in [-0.2, -0.15) is 0 Å². The number of aromatic nitrogens is 1. The Morgan fingerprint density at radius 2 is 2.29 bits per heavy atom. The zero-order chi connectivity index (χ0) is 12.8. The van der Waals surface area contributed by atoms with E-state index in [0.717, 1.165) is 18.9 Å². The Kier molecular flexibility index (Phi) is 4.89. The van der Waals surface area contributed by atoms with E-state index in [-0.39, 0.29) is 16.4 Å². The second kappa shape index (κ2) is 6.19. The fourth-order valence-corrected chi connectivity index (χ4v) is 2.19. The molecule has 0 aliphatic carbocycles. The third-order valence-electron chi connectivity index (χ3n) is 1.99. The van der Waals surface area contributed by atoms with Gasteiger partial charge in [-0.1, -0.05) is 25.1 Å². The molecule has 0 aromatic carbocycles. The summed E-state index contributed by atoms with van der Waals surface area (Å²) in [5.74, 6) is -0.495. The minimum atomic E-state index is -1.18. The molecule has 0 bridgehead atoms. The lowest BCUT2D eigenvalue weighted by atomic mass is 10.3. The number of thioether (sulfide) groups is 1. The van der Waals surface area contributed by atoms with E-state index in [2.05, 4.69) is 4.98 Å². The molecule has 0 amide bonds. The third-order valence-corrected chi connectivity index (χ3v) is 3.06. The number of hydrogen-bond donors (Lipinski definition) is 1. The van der Waals surface area contributed by atoms with E-state index in [1.165, 1.54) is 17.8 Å². The van der Waals surface area contributed by atoms with Gasteiger partial charge in [-0.25, -0.2) is 9.78 Å². The summed E-state index contributed by atoms with van der Waals surface area (Å²) in [4.78, 5) is 24.7. The van der Waals surface area contributed by atoms with Crippen molar-refractivity contribution >= 4 is 23.4 Å². The first-order valence-corrected chi connectivity index (χ1v) is 6.06. The van der Waals surface area contributed by atoms with Gasteiger partial charge in [0.25, 0.3) is 0 Å². The number of hydrogen-bond acceptors (Lipinski definition) is 5. The number of carboxylic acid groups (broad SMARTS) is 1. The summed E-state index contributed by atoms with van der Waals surface area (Å²) in [6.07, 6.45) is 1.88. The van der Waals surface area contributed by atoms with Crippen LogP contribution in [-0.2, 0) is 0 Å². The van der Waals surface area contributed by atoms with Gasteiger partial charge in [-0.05, 0) is 18.2 Å². The van der Waals surface area contributed by atoms with Gasteiger partial charge < -0.3 is 5.11 Å². The maximum Gasteiger partial charge on any atom is 0.354 e. The van der Waals surface area contributed by atoms with Gasteiger partial charge in [0.05, 0.1) is 4.92 Å². The van der Waals surface area contributed by atoms with Crippen LogP contribution in [0.1, 0.15) is 30.3 Å². The van der Waals surface area contributed by atoms with Crippen LogP contribution < -0.4 is 0 Å². The van der Waals surface area contributed by atoms with Crippen molar-refractivity contribution in [2.75, 3.05) is 5.75 Å². The normalized spacial score (nSPS) is 10.2. The number of aromatic carboxylic acids is 1. The number of nitro groups is 1. The van der Waals surface area contributed by atoms with Gasteiger partial charge in [0.2, 0.25) is 0 Å². The van der Waals surface area contributed by atoms with Gasteiger partial charge in [0.1, 0.15) is 5.69 Å². The zero-order valence-electron chi connectivity index (χ0n) is 9.25. The number of carboxylic acids is 1. The van der Waals surface area contributed by atoms with Crippen LogP contribution in [0, 0.1) is 10.1 Å². The zero-order valence-corrected chi connectivity index (χ0v) is 10.1. The molecule has 1 rings (SSSR count). The molecule has 1 aromatic heterocycles. The average Bonchev–Trinajstić information content (AvgIpc) is 2.28. The number of rotatable bonds is 6. The van der Waals surface area contributed by atoms with Crippen LogP contribution in [0.25, 0.3) is 0 Å². The summed E-state index contributed by atoms with van der Waals surface area (Å²) >= 11 is 1.22. The minimum Gasteiger partial charge on any atom is -0.477 e. The van der Waals surface area contributed by atoms with E-state index in [0.29, 0.717) is 5.75 Å². The summed E-state index contributed by atoms with van der Waals surface area (Å²) in [7, 11) is 0. The highest BCUT2D eigenvalue weighted by molar-refractivity contribution is 7.99. The summed E-state index contributed by atoms with van der Waals surface area (Å²) < 4.78 is 0. The Morgan fingerprint density at radius 1 is 1.59 bits per heavy atom. The number of unbranched alkanes of at least 4 members (excludes halogenated alkanes) is 1. The molecule has 0 spiro atoms. The van der Waals surface area contributed by atoms with E-state index < -0.39 is 10.9 Å². The van der Waals surface area contributed by atoms with Gasteiger partial charge in [-0.15, -0.1) is 0 Å². The molecule has 92 valence electrons. The van der Waals surface area contributed by atoms with Crippen molar-refractivity contribution in [1.29, 1.82) is 0 Å². The molecule has 0 atom stereocenters. The molecular weight excluding hydrogens is 244 g/mol. The van der Waals surface area contributed by atoms with Crippen molar-refractivity contribution in [3.8, 4) is 0 Å². The van der Waals surface area contributed by atoms with E-state index in [4.69, 9.17) is 5.11 Å². The number of pyridine rings is 1.